The van der Waals surface area contributed by atoms with E-state index in [1.165, 1.54) is 4.88 Å². The Labute approximate surface area is 150 Å². The average molecular weight is 359 g/mol. The fourth-order valence-electron chi connectivity index (χ4n) is 3.04. The van der Waals surface area contributed by atoms with Crippen LogP contribution >= 0.6 is 11.3 Å². The number of benzene rings is 1. The standard InChI is InChI=1S/C18H21N3O3S/c1-12-16(25-11-19-12)6-7-20(2)18(24)13-8-17(23)21(10-13)14-4-3-5-15(22)9-14/h3-5,9,11,13,22H,6-8,10H2,1-2H3. The minimum absolute atomic E-state index is 0.0156. The molecule has 1 saturated heterocycles. The van der Waals surface area contributed by atoms with Gasteiger partial charge in [0.25, 0.3) is 0 Å². The van der Waals surface area contributed by atoms with Crippen molar-refractivity contribution in [3.63, 3.8) is 0 Å². The molecule has 3 rings (SSSR count). The number of amides is 2. The third kappa shape index (κ3) is 3.82. The Morgan fingerprint density at radius 1 is 1.48 bits per heavy atom. The zero-order valence-electron chi connectivity index (χ0n) is 14.3. The molecular formula is C18H21N3O3S. The smallest absolute Gasteiger partial charge is 0.227 e. The van der Waals surface area contributed by atoms with Crippen LogP contribution in [0.3, 0.4) is 0 Å². The van der Waals surface area contributed by atoms with Gasteiger partial charge in [0, 0.05) is 49.6 Å². The monoisotopic (exact) mass is 359 g/mol. The number of anilines is 1. The Morgan fingerprint density at radius 3 is 2.96 bits per heavy atom. The van der Waals surface area contributed by atoms with Crippen LogP contribution in [0.4, 0.5) is 5.69 Å². The Morgan fingerprint density at radius 2 is 2.28 bits per heavy atom. The number of thiazole rings is 1. The van der Waals surface area contributed by atoms with E-state index < -0.39 is 0 Å². The summed E-state index contributed by atoms with van der Waals surface area (Å²) in [4.78, 5) is 33.6. The molecule has 1 atom stereocenters. The molecule has 2 amide bonds. The van der Waals surface area contributed by atoms with Gasteiger partial charge in [0.2, 0.25) is 11.8 Å². The molecule has 1 aromatic carbocycles. The van der Waals surface area contributed by atoms with Gasteiger partial charge in [0.1, 0.15) is 5.75 Å². The molecule has 1 unspecified atom stereocenters. The Kier molecular flexibility index (Phi) is 5.03. The maximum atomic E-state index is 12.7. The molecule has 0 spiro atoms. The van der Waals surface area contributed by atoms with Gasteiger partial charge in [-0.3, -0.25) is 9.59 Å². The van der Waals surface area contributed by atoms with E-state index in [9.17, 15) is 14.7 Å². The summed E-state index contributed by atoms with van der Waals surface area (Å²) < 4.78 is 0. The van der Waals surface area contributed by atoms with E-state index in [1.54, 1.807) is 52.4 Å². The lowest BCUT2D eigenvalue weighted by molar-refractivity contribution is -0.134. The first-order chi connectivity index (χ1) is 12.0. The summed E-state index contributed by atoms with van der Waals surface area (Å²) in [7, 11) is 1.78. The van der Waals surface area contributed by atoms with Gasteiger partial charge < -0.3 is 14.9 Å². The van der Waals surface area contributed by atoms with E-state index >= 15 is 0 Å². The summed E-state index contributed by atoms with van der Waals surface area (Å²) in [6.07, 6.45) is 0.980. The molecule has 0 bridgehead atoms. The fraction of sp³-hybridized carbons (Fsp3) is 0.389. The van der Waals surface area contributed by atoms with E-state index in [2.05, 4.69) is 4.98 Å². The number of phenols is 1. The number of likely N-dealkylation sites (N-methyl/N-ethyl adjacent to an activating group) is 1. The number of phenolic OH excluding ortho intramolecular Hbond substituents is 1. The topological polar surface area (TPSA) is 73.7 Å². The maximum absolute atomic E-state index is 12.7. The minimum atomic E-state index is -0.345. The van der Waals surface area contributed by atoms with Crippen molar-refractivity contribution >= 4 is 28.8 Å². The van der Waals surface area contributed by atoms with Crippen molar-refractivity contribution in [2.24, 2.45) is 5.92 Å². The number of carbonyl (C=O) groups excluding carboxylic acids is 2. The van der Waals surface area contributed by atoms with Crippen molar-refractivity contribution < 1.29 is 14.7 Å². The molecule has 0 aliphatic carbocycles. The van der Waals surface area contributed by atoms with E-state index in [1.807, 2.05) is 12.4 Å². The summed E-state index contributed by atoms with van der Waals surface area (Å²) in [5.74, 6) is -0.339. The number of rotatable bonds is 5. The minimum Gasteiger partial charge on any atom is -0.508 e. The number of hydrogen-bond donors (Lipinski definition) is 1. The van der Waals surface area contributed by atoms with Crippen molar-refractivity contribution in [3.8, 4) is 5.75 Å². The van der Waals surface area contributed by atoms with E-state index in [0.717, 1.165) is 12.1 Å². The molecule has 2 aromatic rings. The molecule has 7 heteroatoms. The van der Waals surface area contributed by atoms with Gasteiger partial charge in [-0.15, -0.1) is 11.3 Å². The van der Waals surface area contributed by atoms with Gasteiger partial charge in [-0.05, 0) is 19.1 Å². The lowest BCUT2D eigenvalue weighted by Crippen LogP contribution is -2.35. The van der Waals surface area contributed by atoms with Crippen LogP contribution < -0.4 is 4.90 Å². The highest BCUT2D eigenvalue weighted by Gasteiger charge is 2.36. The number of carbonyl (C=O) groups is 2. The highest BCUT2D eigenvalue weighted by atomic mass is 32.1. The van der Waals surface area contributed by atoms with Crippen molar-refractivity contribution in [3.05, 3.63) is 40.3 Å². The molecule has 1 aliphatic rings. The predicted octanol–water partition coefficient (Wildman–Crippen LogP) is 2.21. The van der Waals surface area contributed by atoms with Crippen LogP contribution in [0.5, 0.6) is 5.75 Å². The zero-order valence-corrected chi connectivity index (χ0v) is 15.1. The molecule has 1 fully saturated rings. The lowest BCUT2D eigenvalue weighted by Gasteiger charge is -2.21. The van der Waals surface area contributed by atoms with Crippen LogP contribution in [-0.2, 0) is 16.0 Å². The molecule has 1 N–H and O–H groups in total. The molecule has 25 heavy (non-hydrogen) atoms. The Hall–Kier alpha value is -2.41. The van der Waals surface area contributed by atoms with Crippen molar-refractivity contribution in [1.29, 1.82) is 0 Å². The van der Waals surface area contributed by atoms with Crippen molar-refractivity contribution in [2.45, 2.75) is 19.8 Å². The van der Waals surface area contributed by atoms with Crippen molar-refractivity contribution in [1.82, 2.24) is 9.88 Å². The van der Waals surface area contributed by atoms with E-state index in [-0.39, 0.29) is 29.9 Å². The quantitative estimate of drug-likeness (QED) is 0.888. The zero-order chi connectivity index (χ0) is 18.0. The Balaban J connectivity index is 1.61. The summed E-state index contributed by atoms with van der Waals surface area (Å²) in [6, 6.07) is 6.56. The van der Waals surface area contributed by atoms with Gasteiger partial charge in [0.05, 0.1) is 17.1 Å². The number of aryl methyl sites for hydroxylation is 1. The Bertz CT molecular complexity index is 789. The van der Waals surface area contributed by atoms with Gasteiger partial charge in [-0.2, -0.15) is 0 Å². The predicted molar refractivity (Wildman–Crippen MR) is 96.8 cm³/mol. The van der Waals surface area contributed by atoms with Crippen LogP contribution in [0.25, 0.3) is 0 Å². The second-order valence-corrected chi connectivity index (χ2v) is 7.24. The molecule has 0 saturated carbocycles. The van der Waals surface area contributed by atoms with Gasteiger partial charge in [-0.25, -0.2) is 4.98 Å². The first kappa shape index (κ1) is 17.4. The lowest BCUT2D eigenvalue weighted by atomic mass is 10.1. The van der Waals surface area contributed by atoms with Gasteiger partial charge in [-0.1, -0.05) is 6.07 Å². The summed E-state index contributed by atoms with van der Waals surface area (Å²) in [5.41, 5.74) is 3.45. The fourth-order valence-corrected chi connectivity index (χ4v) is 3.81. The number of aromatic nitrogens is 1. The van der Waals surface area contributed by atoms with Crippen LogP contribution in [-0.4, -0.2) is 46.9 Å². The molecule has 1 aromatic heterocycles. The largest absolute Gasteiger partial charge is 0.508 e. The SMILES string of the molecule is Cc1ncsc1CCN(C)C(=O)C1CC(=O)N(c2cccc(O)c2)C1. The van der Waals surface area contributed by atoms with E-state index in [0.29, 0.717) is 18.8 Å². The normalized spacial score (nSPS) is 17.1. The molecule has 1 aliphatic heterocycles. The van der Waals surface area contributed by atoms with Crippen LogP contribution in [0, 0.1) is 12.8 Å². The van der Waals surface area contributed by atoms with Gasteiger partial charge >= 0.3 is 0 Å². The summed E-state index contributed by atoms with van der Waals surface area (Å²) in [5, 5.41) is 9.59. The molecule has 0 radical (unpaired) electrons. The van der Waals surface area contributed by atoms with E-state index in [4.69, 9.17) is 0 Å². The van der Waals surface area contributed by atoms with Crippen LogP contribution in [0.15, 0.2) is 29.8 Å². The first-order valence-corrected chi connectivity index (χ1v) is 9.07. The third-order valence-electron chi connectivity index (χ3n) is 4.51. The molecule has 2 heterocycles. The molecule has 6 nitrogen and oxygen atoms in total. The second-order valence-electron chi connectivity index (χ2n) is 6.30. The maximum Gasteiger partial charge on any atom is 0.227 e. The average Bonchev–Trinajstić information content (AvgIpc) is 3.17. The highest BCUT2D eigenvalue weighted by molar-refractivity contribution is 7.09. The highest BCUT2D eigenvalue weighted by Crippen LogP contribution is 2.28. The number of nitrogens with zero attached hydrogens (tertiary/aromatic N) is 3. The second kappa shape index (κ2) is 7.23. The summed E-state index contributed by atoms with van der Waals surface area (Å²) >= 11 is 1.60. The third-order valence-corrected chi connectivity index (χ3v) is 5.51. The molecular weight excluding hydrogens is 338 g/mol. The summed E-state index contributed by atoms with van der Waals surface area (Å²) in [6.45, 7) is 2.93. The van der Waals surface area contributed by atoms with Crippen LogP contribution in [0.2, 0.25) is 0 Å². The van der Waals surface area contributed by atoms with Gasteiger partial charge in [0.15, 0.2) is 0 Å². The van der Waals surface area contributed by atoms with Crippen molar-refractivity contribution in [2.75, 3.05) is 25.0 Å². The van der Waals surface area contributed by atoms with Crippen LogP contribution in [0.1, 0.15) is 17.0 Å². The number of aromatic hydroxyl groups is 1. The first-order valence-electron chi connectivity index (χ1n) is 8.19. The number of hydrogen-bond acceptors (Lipinski definition) is 5. The molecule has 132 valence electrons.